The Morgan fingerprint density at radius 1 is 1.18 bits per heavy atom. The van der Waals surface area contributed by atoms with Crippen molar-refractivity contribution in [2.75, 3.05) is 12.3 Å². The van der Waals surface area contributed by atoms with E-state index >= 15 is 0 Å². The standard InChI is InChI=1S/C11H24N2O3S/c12-10(9-17(14,15)16)8-13-11-6-4-2-1-3-5-7-11/h10-11,13H,1-9,12H2,(H,14,15,16). The minimum Gasteiger partial charge on any atom is -0.326 e. The highest BCUT2D eigenvalue weighted by Gasteiger charge is 2.15. The van der Waals surface area contributed by atoms with Crippen molar-refractivity contribution in [2.45, 2.75) is 57.0 Å². The van der Waals surface area contributed by atoms with Gasteiger partial charge in [-0.25, -0.2) is 0 Å². The van der Waals surface area contributed by atoms with Gasteiger partial charge in [-0.3, -0.25) is 4.55 Å². The maximum atomic E-state index is 10.6. The third kappa shape index (κ3) is 7.70. The molecule has 0 saturated heterocycles. The normalized spacial score (nSPS) is 21.8. The largest absolute Gasteiger partial charge is 0.326 e. The molecule has 1 fully saturated rings. The van der Waals surface area contributed by atoms with E-state index in [-0.39, 0.29) is 5.75 Å². The van der Waals surface area contributed by atoms with Gasteiger partial charge in [-0.1, -0.05) is 32.1 Å². The molecule has 1 aliphatic rings. The molecule has 0 spiro atoms. The summed E-state index contributed by atoms with van der Waals surface area (Å²) in [5, 5.41) is 3.31. The fourth-order valence-corrected chi connectivity index (χ4v) is 2.97. The molecule has 0 bridgehead atoms. The first-order chi connectivity index (χ1) is 7.97. The van der Waals surface area contributed by atoms with Crippen molar-refractivity contribution in [2.24, 2.45) is 5.73 Å². The molecule has 102 valence electrons. The quantitative estimate of drug-likeness (QED) is 0.642. The van der Waals surface area contributed by atoms with Gasteiger partial charge in [0.05, 0.1) is 5.75 Å². The Hall–Kier alpha value is -0.170. The third-order valence-corrected chi connectivity index (χ3v) is 4.05. The van der Waals surface area contributed by atoms with Gasteiger partial charge >= 0.3 is 0 Å². The van der Waals surface area contributed by atoms with Crippen LogP contribution in [0.25, 0.3) is 0 Å². The minimum absolute atomic E-state index is 0.368. The summed E-state index contributed by atoms with van der Waals surface area (Å²) in [5.41, 5.74) is 5.65. The summed E-state index contributed by atoms with van der Waals surface area (Å²) in [7, 11) is -3.95. The molecular formula is C11H24N2O3S. The van der Waals surface area contributed by atoms with Crippen LogP contribution in [0.15, 0.2) is 0 Å². The molecule has 0 aromatic rings. The fraction of sp³-hybridized carbons (Fsp3) is 1.00. The topological polar surface area (TPSA) is 92.4 Å². The Bertz CT molecular complexity index is 298. The van der Waals surface area contributed by atoms with Crippen molar-refractivity contribution < 1.29 is 13.0 Å². The molecule has 0 amide bonds. The molecule has 0 heterocycles. The lowest BCUT2D eigenvalue weighted by atomic mass is 9.96. The smallest absolute Gasteiger partial charge is 0.266 e. The highest BCUT2D eigenvalue weighted by molar-refractivity contribution is 7.85. The summed E-state index contributed by atoms with van der Waals surface area (Å²) < 4.78 is 30.0. The van der Waals surface area contributed by atoms with Crippen LogP contribution in [-0.2, 0) is 10.1 Å². The summed E-state index contributed by atoms with van der Waals surface area (Å²) in [5.74, 6) is -0.368. The van der Waals surface area contributed by atoms with Gasteiger partial charge in [-0.05, 0) is 12.8 Å². The number of hydrogen-bond acceptors (Lipinski definition) is 4. The number of nitrogens with one attached hydrogen (secondary N) is 1. The van der Waals surface area contributed by atoms with Crippen molar-refractivity contribution in [3.8, 4) is 0 Å². The lowest BCUT2D eigenvalue weighted by Crippen LogP contribution is -2.43. The molecular weight excluding hydrogens is 240 g/mol. The van der Waals surface area contributed by atoms with E-state index in [2.05, 4.69) is 5.32 Å². The van der Waals surface area contributed by atoms with Crippen LogP contribution < -0.4 is 11.1 Å². The van der Waals surface area contributed by atoms with Crippen molar-refractivity contribution in [1.29, 1.82) is 0 Å². The van der Waals surface area contributed by atoms with E-state index in [1.165, 1.54) is 32.1 Å². The van der Waals surface area contributed by atoms with Gasteiger partial charge in [0.15, 0.2) is 0 Å². The maximum absolute atomic E-state index is 10.6. The van der Waals surface area contributed by atoms with E-state index in [0.717, 1.165) is 12.8 Å². The Morgan fingerprint density at radius 3 is 2.24 bits per heavy atom. The summed E-state index contributed by atoms with van der Waals surface area (Å²) >= 11 is 0. The molecule has 1 atom stereocenters. The Balaban J connectivity index is 2.23. The van der Waals surface area contributed by atoms with Crippen LogP contribution in [0.4, 0.5) is 0 Å². The predicted molar refractivity (Wildman–Crippen MR) is 68.5 cm³/mol. The second kappa shape index (κ2) is 7.31. The second-order valence-corrected chi connectivity index (χ2v) is 6.46. The van der Waals surface area contributed by atoms with Crippen LogP contribution >= 0.6 is 0 Å². The molecule has 4 N–H and O–H groups in total. The van der Waals surface area contributed by atoms with E-state index in [1.807, 2.05) is 0 Å². The van der Waals surface area contributed by atoms with Crippen LogP contribution in [0.5, 0.6) is 0 Å². The van der Waals surface area contributed by atoms with Gasteiger partial charge in [0, 0.05) is 18.6 Å². The predicted octanol–water partition coefficient (Wildman–Crippen LogP) is 0.904. The first kappa shape index (κ1) is 14.9. The monoisotopic (exact) mass is 264 g/mol. The van der Waals surface area contributed by atoms with Crippen LogP contribution in [0.2, 0.25) is 0 Å². The van der Waals surface area contributed by atoms with Gasteiger partial charge < -0.3 is 11.1 Å². The van der Waals surface area contributed by atoms with Gasteiger partial charge in [-0.15, -0.1) is 0 Å². The van der Waals surface area contributed by atoms with Crippen molar-refractivity contribution in [3.63, 3.8) is 0 Å². The van der Waals surface area contributed by atoms with E-state index in [1.54, 1.807) is 0 Å². The lowest BCUT2D eigenvalue weighted by molar-refractivity contribution is 0.382. The number of rotatable bonds is 5. The van der Waals surface area contributed by atoms with Crippen LogP contribution in [0.1, 0.15) is 44.9 Å². The highest BCUT2D eigenvalue weighted by Crippen LogP contribution is 2.16. The average Bonchev–Trinajstić information content (AvgIpc) is 2.13. The van der Waals surface area contributed by atoms with Crippen molar-refractivity contribution in [3.05, 3.63) is 0 Å². The van der Waals surface area contributed by atoms with Gasteiger partial charge in [0.25, 0.3) is 10.1 Å². The van der Waals surface area contributed by atoms with Gasteiger partial charge in [0.2, 0.25) is 0 Å². The molecule has 1 rings (SSSR count). The highest BCUT2D eigenvalue weighted by atomic mass is 32.2. The van der Waals surface area contributed by atoms with Crippen LogP contribution in [-0.4, -0.2) is 37.4 Å². The summed E-state index contributed by atoms with van der Waals surface area (Å²) in [6.45, 7) is 0.449. The zero-order valence-electron chi connectivity index (χ0n) is 10.3. The second-order valence-electron chi connectivity index (χ2n) is 4.96. The molecule has 6 heteroatoms. The van der Waals surface area contributed by atoms with E-state index in [4.69, 9.17) is 10.3 Å². The summed E-state index contributed by atoms with van der Waals surface area (Å²) in [4.78, 5) is 0. The third-order valence-electron chi connectivity index (χ3n) is 3.20. The van der Waals surface area contributed by atoms with Gasteiger partial charge in [-0.2, -0.15) is 8.42 Å². The molecule has 0 aromatic carbocycles. The molecule has 0 radical (unpaired) electrons. The molecule has 17 heavy (non-hydrogen) atoms. The zero-order valence-corrected chi connectivity index (χ0v) is 11.1. The Kier molecular flexibility index (Phi) is 6.40. The van der Waals surface area contributed by atoms with Gasteiger partial charge in [0.1, 0.15) is 0 Å². The fourth-order valence-electron chi connectivity index (χ4n) is 2.31. The van der Waals surface area contributed by atoms with Crippen LogP contribution in [0, 0.1) is 0 Å². The molecule has 5 nitrogen and oxygen atoms in total. The summed E-state index contributed by atoms with van der Waals surface area (Å²) in [6, 6.07) is -0.0850. The number of nitrogens with two attached hydrogens (primary N) is 1. The average molecular weight is 264 g/mol. The molecule has 0 aliphatic heterocycles. The zero-order chi connectivity index (χ0) is 12.7. The van der Waals surface area contributed by atoms with Crippen molar-refractivity contribution in [1.82, 2.24) is 5.32 Å². The Morgan fingerprint density at radius 2 is 1.71 bits per heavy atom. The molecule has 1 unspecified atom stereocenters. The van der Waals surface area contributed by atoms with Crippen molar-refractivity contribution >= 4 is 10.1 Å². The Labute approximate surface area is 104 Å². The summed E-state index contributed by atoms with van der Waals surface area (Å²) in [6.07, 6.45) is 8.63. The van der Waals surface area contributed by atoms with Crippen LogP contribution in [0.3, 0.4) is 0 Å². The first-order valence-electron chi connectivity index (χ1n) is 6.41. The molecule has 1 aliphatic carbocycles. The minimum atomic E-state index is -3.95. The molecule has 0 aromatic heterocycles. The number of hydrogen-bond donors (Lipinski definition) is 3. The SMILES string of the molecule is NC(CNC1CCCCCCC1)CS(=O)(=O)O. The maximum Gasteiger partial charge on any atom is 0.266 e. The first-order valence-corrected chi connectivity index (χ1v) is 8.02. The molecule has 1 saturated carbocycles. The van der Waals surface area contributed by atoms with E-state index < -0.39 is 16.2 Å². The van der Waals surface area contributed by atoms with E-state index in [9.17, 15) is 8.42 Å². The van der Waals surface area contributed by atoms with E-state index in [0.29, 0.717) is 12.6 Å². The lowest BCUT2D eigenvalue weighted by Gasteiger charge is -2.22.